The second kappa shape index (κ2) is 7.93. The van der Waals surface area contributed by atoms with Gasteiger partial charge < -0.3 is 15.2 Å². The Balaban J connectivity index is 2.43. The van der Waals surface area contributed by atoms with Gasteiger partial charge in [0.05, 0.1) is 17.7 Å². The Morgan fingerprint density at radius 2 is 2.33 bits per heavy atom. The minimum absolute atomic E-state index is 0.196. The van der Waals surface area contributed by atoms with Gasteiger partial charge in [0, 0.05) is 22.8 Å². The zero-order chi connectivity index (χ0) is 13.5. The van der Waals surface area contributed by atoms with Gasteiger partial charge in [-0.1, -0.05) is 11.6 Å². The Bertz CT molecular complexity index is 414. The number of aliphatic hydroxyl groups is 1. The predicted octanol–water partition coefficient (Wildman–Crippen LogP) is 2.07. The normalized spacial score (nSPS) is 12.2. The van der Waals surface area contributed by atoms with E-state index in [-0.39, 0.29) is 12.5 Å². The molecule has 0 aromatic heterocycles. The van der Waals surface area contributed by atoms with Gasteiger partial charge in [-0.25, -0.2) is 0 Å². The Hall–Kier alpha value is -0.370. The Morgan fingerprint density at radius 1 is 1.61 bits per heavy atom. The zero-order valence-corrected chi connectivity index (χ0v) is 12.9. The molecule has 0 radical (unpaired) electrons. The van der Waals surface area contributed by atoms with Crippen molar-refractivity contribution < 1.29 is 14.6 Å². The minimum atomic E-state index is -0.560. The fourth-order valence-electron chi connectivity index (χ4n) is 1.37. The summed E-state index contributed by atoms with van der Waals surface area (Å²) in [4.78, 5) is 11.8. The molecule has 1 amide bonds. The molecule has 0 heterocycles. The van der Waals surface area contributed by atoms with Crippen LogP contribution in [0.1, 0.15) is 16.8 Å². The molecule has 0 aliphatic rings. The Labute approximate surface area is 125 Å². The van der Waals surface area contributed by atoms with Gasteiger partial charge in [0.25, 0.3) is 5.91 Å². The highest BCUT2D eigenvalue weighted by Gasteiger charge is 2.08. The average Bonchev–Trinajstić information content (AvgIpc) is 2.33. The summed E-state index contributed by atoms with van der Waals surface area (Å²) in [5.41, 5.74) is 0.515. The zero-order valence-electron chi connectivity index (χ0n) is 9.95. The second-order valence-corrected chi connectivity index (χ2v) is 5.35. The first-order valence-electron chi connectivity index (χ1n) is 5.45. The first kappa shape index (κ1) is 15.7. The molecule has 0 bridgehead atoms. The minimum Gasteiger partial charge on any atom is -0.391 e. The van der Waals surface area contributed by atoms with Crippen molar-refractivity contribution in [2.45, 2.75) is 12.5 Å². The molecule has 0 spiro atoms. The Morgan fingerprint density at radius 3 is 2.94 bits per heavy atom. The lowest BCUT2D eigenvalue weighted by Gasteiger charge is -2.10. The fourth-order valence-corrected chi connectivity index (χ4v) is 1.88. The van der Waals surface area contributed by atoms with Crippen LogP contribution in [0.25, 0.3) is 0 Å². The van der Waals surface area contributed by atoms with E-state index in [4.69, 9.17) is 16.3 Å². The molecule has 4 nitrogen and oxygen atoms in total. The molecular formula is C12H15ClINO3. The highest BCUT2D eigenvalue weighted by atomic mass is 127. The van der Waals surface area contributed by atoms with Crippen LogP contribution in [0.4, 0.5) is 0 Å². The number of nitrogens with one attached hydrogen (secondary N) is 1. The van der Waals surface area contributed by atoms with Crippen LogP contribution >= 0.6 is 34.2 Å². The van der Waals surface area contributed by atoms with Crippen LogP contribution in [0, 0.1) is 3.57 Å². The summed E-state index contributed by atoms with van der Waals surface area (Å²) < 4.78 is 5.70. The van der Waals surface area contributed by atoms with Gasteiger partial charge in [0.2, 0.25) is 0 Å². The van der Waals surface area contributed by atoms with Gasteiger partial charge in [0.15, 0.2) is 0 Å². The van der Waals surface area contributed by atoms with Crippen molar-refractivity contribution in [3.8, 4) is 0 Å². The van der Waals surface area contributed by atoms with Gasteiger partial charge in [0.1, 0.15) is 0 Å². The molecule has 1 rings (SSSR count). The topological polar surface area (TPSA) is 58.6 Å². The molecule has 0 aliphatic heterocycles. The van der Waals surface area contributed by atoms with Gasteiger partial charge in [-0.15, -0.1) is 0 Å². The van der Waals surface area contributed by atoms with Crippen molar-refractivity contribution in [1.82, 2.24) is 5.32 Å². The van der Waals surface area contributed by atoms with E-state index in [2.05, 4.69) is 27.9 Å². The summed E-state index contributed by atoms with van der Waals surface area (Å²) >= 11 is 8.04. The lowest BCUT2D eigenvalue weighted by Crippen LogP contribution is -2.28. The smallest absolute Gasteiger partial charge is 0.251 e. The number of methoxy groups -OCH3 is 1. The second-order valence-electron chi connectivity index (χ2n) is 3.78. The van der Waals surface area contributed by atoms with Crippen LogP contribution < -0.4 is 5.32 Å². The number of halogens is 2. The number of ether oxygens (including phenoxy) is 1. The van der Waals surface area contributed by atoms with E-state index in [0.717, 1.165) is 3.57 Å². The van der Waals surface area contributed by atoms with Gasteiger partial charge >= 0.3 is 0 Å². The van der Waals surface area contributed by atoms with Crippen molar-refractivity contribution in [1.29, 1.82) is 0 Å². The Kier molecular flexibility index (Phi) is 6.91. The molecule has 0 saturated heterocycles. The van der Waals surface area contributed by atoms with Crippen LogP contribution in [0.5, 0.6) is 0 Å². The van der Waals surface area contributed by atoms with Crippen LogP contribution in [-0.2, 0) is 4.74 Å². The molecule has 1 aromatic rings. The molecule has 1 atom stereocenters. The van der Waals surface area contributed by atoms with E-state index in [0.29, 0.717) is 23.6 Å². The van der Waals surface area contributed by atoms with Crippen molar-refractivity contribution in [2.24, 2.45) is 0 Å². The largest absolute Gasteiger partial charge is 0.391 e. The van der Waals surface area contributed by atoms with E-state index < -0.39 is 6.10 Å². The molecule has 6 heteroatoms. The molecule has 2 N–H and O–H groups in total. The van der Waals surface area contributed by atoms with Crippen LogP contribution in [-0.4, -0.2) is 37.4 Å². The molecule has 1 aromatic carbocycles. The summed E-state index contributed by atoms with van der Waals surface area (Å²) in [5, 5.41) is 12.7. The molecular weight excluding hydrogens is 368 g/mol. The van der Waals surface area contributed by atoms with Gasteiger partial charge in [-0.05, 0) is 47.2 Å². The number of carbonyl (C=O) groups is 1. The van der Waals surface area contributed by atoms with Crippen LogP contribution in [0.15, 0.2) is 18.2 Å². The van der Waals surface area contributed by atoms with Crippen molar-refractivity contribution in [3.05, 3.63) is 32.4 Å². The van der Waals surface area contributed by atoms with E-state index in [9.17, 15) is 9.90 Å². The van der Waals surface area contributed by atoms with E-state index in [1.54, 1.807) is 18.2 Å². The quantitative estimate of drug-likeness (QED) is 0.740. The number of aliphatic hydroxyl groups excluding tert-OH is 1. The maximum Gasteiger partial charge on any atom is 0.251 e. The van der Waals surface area contributed by atoms with Crippen molar-refractivity contribution in [3.63, 3.8) is 0 Å². The predicted molar refractivity (Wildman–Crippen MR) is 79.0 cm³/mol. The van der Waals surface area contributed by atoms with E-state index >= 15 is 0 Å². The summed E-state index contributed by atoms with van der Waals surface area (Å²) in [7, 11) is 1.52. The molecule has 100 valence electrons. The van der Waals surface area contributed by atoms with Crippen LogP contribution in [0.2, 0.25) is 5.02 Å². The number of hydrogen-bond acceptors (Lipinski definition) is 3. The number of hydrogen-bond donors (Lipinski definition) is 2. The summed E-state index contributed by atoms with van der Waals surface area (Å²) in [5.74, 6) is -0.196. The number of rotatable bonds is 6. The number of carbonyl (C=O) groups excluding carboxylic acids is 1. The highest BCUT2D eigenvalue weighted by Crippen LogP contribution is 2.19. The molecule has 0 aliphatic carbocycles. The third-order valence-corrected chi connectivity index (χ3v) is 3.88. The first-order valence-corrected chi connectivity index (χ1v) is 6.90. The van der Waals surface area contributed by atoms with Crippen LogP contribution in [0.3, 0.4) is 0 Å². The SMILES string of the molecule is COCC(O)CCNC(=O)c1ccc(I)c(Cl)c1. The fraction of sp³-hybridized carbons (Fsp3) is 0.417. The third-order valence-electron chi connectivity index (χ3n) is 2.30. The molecule has 0 saturated carbocycles. The standard InChI is InChI=1S/C12H15ClINO3/c1-18-7-9(16)4-5-15-12(17)8-2-3-11(14)10(13)6-8/h2-3,6,9,16H,4-5,7H2,1H3,(H,15,17). The molecule has 18 heavy (non-hydrogen) atoms. The molecule has 0 fully saturated rings. The maximum atomic E-state index is 11.8. The van der Waals surface area contributed by atoms with E-state index in [1.807, 2.05) is 0 Å². The van der Waals surface area contributed by atoms with E-state index in [1.165, 1.54) is 7.11 Å². The first-order chi connectivity index (χ1) is 8.54. The molecule has 1 unspecified atom stereocenters. The number of amides is 1. The summed E-state index contributed by atoms with van der Waals surface area (Å²) in [6.07, 6.45) is -0.104. The van der Waals surface area contributed by atoms with Crippen molar-refractivity contribution in [2.75, 3.05) is 20.3 Å². The van der Waals surface area contributed by atoms with Gasteiger partial charge in [-0.3, -0.25) is 4.79 Å². The monoisotopic (exact) mass is 383 g/mol. The average molecular weight is 384 g/mol. The van der Waals surface area contributed by atoms with Crippen molar-refractivity contribution >= 4 is 40.1 Å². The third kappa shape index (κ3) is 5.09. The summed E-state index contributed by atoms with van der Waals surface area (Å²) in [6, 6.07) is 5.14. The summed E-state index contributed by atoms with van der Waals surface area (Å²) in [6.45, 7) is 0.665. The lowest BCUT2D eigenvalue weighted by atomic mass is 10.2. The van der Waals surface area contributed by atoms with Gasteiger partial charge in [-0.2, -0.15) is 0 Å². The number of benzene rings is 1. The lowest BCUT2D eigenvalue weighted by molar-refractivity contribution is 0.0587. The highest BCUT2D eigenvalue weighted by molar-refractivity contribution is 14.1. The maximum absolute atomic E-state index is 11.8.